The Balaban J connectivity index is -0.000000235. The first-order valence-electron chi connectivity index (χ1n) is 12.6. The normalized spacial score (nSPS) is 40.4. The second kappa shape index (κ2) is 16.6. The summed E-state index contributed by atoms with van der Waals surface area (Å²) in [5.74, 6) is 10.3. The minimum Gasteiger partial charge on any atom is -0.358 e. The van der Waals surface area contributed by atoms with Gasteiger partial charge in [0.05, 0.1) is 0 Å². The van der Waals surface area contributed by atoms with Crippen LogP contribution in [0.3, 0.4) is 0 Å². The Morgan fingerprint density at radius 2 is 0.970 bits per heavy atom. The maximum Gasteiger partial charge on any atom is 4.00 e. The quantitative estimate of drug-likeness (QED) is 0.200. The molecule has 4 aliphatic carbocycles. The van der Waals surface area contributed by atoms with Crippen molar-refractivity contribution in [3.63, 3.8) is 0 Å². The molecule has 0 spiro atoms. The van der Waals surface area contributed by atoms with E-state index in [0.717, 1.165) is 59.2 Å². The van der Waals surface area contributed by atoms with E-state index < -0.39 is 0 Å². The monoisotopic (exact) mass is 630 g/mol. The zero-order valence-electron chi connectivity index (χ0n) is 24.4. The molecule has 4 rings (SSSR count). The molecule has 33 heavy (non-hydrogen) atoms. The van der Waals surface area contributed by atoms with Crippen LogP contribution in [0.4, 0.5) is 0 Å². The minimum absolute atomic E-state index is 0. The maximum atomic E-state index is 2.43. The Kier molecular flexibility index (Phi) is 20.6. The Labute approximate surface area is 233 Å². The summed E-state index contributed by atoms with van der Waals surface area (Å²) in [7, 11) is 0. The maximum absolute atomic E-state index is 2.43. The van der Waals surface area contributed by atoms with Gasteiger partial charge >= 0.3 is 25.8 Å². The molecule has 1 heteroatoms. The standard InChI is InChI=1S/C17H30.C10H20.CH4.4CH3.Hf/c1-17(2,3)11-15-8-7-14-9-12-5-4-6-13(12)10-16(14)15;1-6-7(2)9(4)10(5)8(6)3;;;;;;/h12-16H,4-11H2,1-3H3;6-10H,1-5H3;1H4;4*1H3;/q;;;4*-1;+4. The molecule has 0 amide bonds. The van der Waals surface area contributed by atoms with Crippen LogP contribution >= 0.6 is 0 Å². The van der Waals surface area contributed by atoms with Crippen molar-refractivity contribution in [3.05, 3.63) is 29.7 Å². The number of fused-ring (bicyclic) bond motifs is 2. The molecule has 0 heterocycles. The summed E-state index contributed by atoms with van der Waals surface area (Å²) in [6.07, 6.45) is 12.5. The molecule has 4 saturated carbocycles. The van der Waals surface area contributed by atoms with Crippen LogP contribution in [-0.4, -0.2) is 0 Å². The van der Waals surface area contributed by atoms with Gasteiger partial charge < -0.3 is 29.7 Å². The zero-order valence-corrected chi connectivity index (χ0v) is 28.0. The van der Waals surface area contributed by atoms with Gasteiger partial charge in [-0.05, 0) is 96.7 Å². The van der Waals surface area contributed by atoms with Crippen molar-refractivity contribution in [2.24, 2.45) is 64.6 Å². The van der Waals surface area contributed by atoms with Crippen LogP contribution in [0.15, 0.2) is 0 Å². The van der Waals surface area contributed by atoms with Crippen molar-refractivity contribution >= 4 is 0 Å². The van der Waals surface area contributed by atoms with E-state index in [4.69, 9.17) is 0 Å². The van der Waals surface area contributed by atoms with E-state index in [1.165, 1.54) is 6.42 Å². The SMILES string of the molecule is C.CC(C)(C)CC1CCC2CC3CCCC3CC21.CC1C(C)C(C)C(C)C1C.[CH3-].[CH3-].[CH3-].[CH3-].[Hf+4]. The van der Waals surface area contributed by atoms with E-state index in [2.05, 4.69) is 55.4 Å². The van der Waals surface area contributed by atoms with Gasteiger partial charge in [-0.25, -0.2) is 0 Å². The van der Waals surface area contributed by atoms with E-state index in [-0.39, 0.29) is 63.0 Å². The second-order valence-electron chi connectivity index (χ2n) is 12.7. The van der Waals surface area contributed by atoms with Crippen LogP contribution in [0.2, 0.25) is 0 Å². The number of hydrogen-bond acceptors (Lipinski definition) is 0. The van der Waals surface area contributed by atoms with Gasteiger partial charge in [-0.3, -0.25) is 0 Å². The summed E-state index contributed by atoms with van der Waals surface area (Å²) in [4.78, 5) is 0. The predicted octanol–water partition coefficient (Wildman–Crippen LogP) is 10.9. The van der Waals surface area contributed by atoms with Crippen LogP contribution < -0.4 is 0 Å². The van der Waals surface area contributed by atoms with Crippen molar-refractivity contribution in [2.75, 3.05) is 0 Å². The number of hydrogen-bond donors (Lipinski definition) is 0. The van der Waals surface area contributed by atoms with E-state index in [9.17, 15) is 0 Å². The molecule has 0 aliphatic heterocycles. The fraction of sp³-hybridized carbons (Fsp3) is 0.875. The molecule has 198 valence electrons. The molecule has 0 radical (unpaired) electrons. The van der Waals surface area contributed by atoms with E-state index in [1.54, 1.807) is 44.9 Å². The van der Waals surface area contributed by atoms with Crippen molar-refractivity contribution in [3.8, 4) is 0 Å². The molecule has 0 aromatic rings. The van der Waals surface area contributed by atoms with Crippen LogP contribution in [-0.2, 0) is 25.8 Å². The Morgan fingerprint density at radius 3 is 1.36 bits per heavy atom. The van der Waals surface area contributed by atoms with Gasteiger partial charge in [0.2, 0.25) is 0 Å². The summed E-state index contributed by atoms with van der Waals surface area (Å²) in [6, 6.07) is 0. The Hall–Kier alpha value is 0.870. The van der Waals surface area contributed by atoms with Crippen LogP contribution in [0.1, 0.15) is 114 Å². The largest absolute Gasteiger partial charge is 4.00 e. The fourth-order valence-electron chi connectivity index (χ4n) is 7.83. The van der Waals surface area contributed by atoms with Crippen molar-refractivity contribution in [1.29, 1.82) is 0 Å². The van der Waals surface area contributed by atoms with Crippen LogP contribution in [0.5, 0.6) is 0 Å². The van der Waals surface area contributed by atoms with Crippen molar-refractivity contribution in [1.82, 2.24) is 0 Å². The third-order valence-corrected chi connectivity index (χ3v) is 10.1. The molecule has 0 aromatic heterocycles. The third kappa shape index (κ3) is 9.69. The smallest absolute Gasteiger partial charge is 0.358 e. The average molecular weight is 629 g/mol. The van der Waals surface area contributed by atoms with E-state index in [1.807, 2.05) is 0 Å². The predicted molar refractivity (Wildman–Crippen MR) is 152 cm³/mol. The van der Waals surface area contributed by atoms with Gasteiger partial charge in [-0.2, -0.15) is 0 Å². The molecule has 0 nitrogen and oxygen atoms in total. The van der Waals surface area contributed by atoms with Gasteiger partial charge in [-0.15, -0.1) is 0 Å². The molecule has 0 aromatic carbocycles. The van der Waals surface area contributed by atoms with E-state index >= 15 is 0 Å². The summed E-state index contributed by atoms with van der Waals surface area (Å²) in [5.41, 5.74) is 0.548. The molecule has 4 aliphatic rings. The van der Waals surface area contributed by atoms with E-state index in [0.29, 0.717) is 5.41 Å². The first-order valence-corrected chi connectivity index (χ1v) is 12.6. The van der Waals surface area contributed by atoms with Crippen LogP contribution in [0, 0.1) is 94.3 Å². The van der Waals surface area contributed by atoms with Gasteiger partial charge in [-0.1, -0.05) is 82.1 Å². The fourth-order valence-corrected chi connectivity index (χ4v) is 7.83. The first-order chi connectivity index (χ1) is 12.6. The van der Waals surface area contributed by atoms with Gasteiger partial charge in [0.25, 0.3) is 0 Å². The molecule has 4 fully saturated rings. The molecule has 0 saturated heterocycles. The van der Waals surface area contributed by atoms with Crippen molar-refractivity contribution in [2.45, 2.75) is 114 Å². The molecule has 0 N–H and O–H groups in total. The third-order valence-electron chi connectivity index (χ3n) is 10.1. The average Bonchev–Trinajstić information content (AvgIpc) is 3.25. The van der Waals surface area contributed by atoms with Gasteiger partial charge in [0.1, 0.15) is 0 Å². The number of rotatable bonds is 1. The zero-order chi connectivity index (χ0) is 19.9. The second-order valence-corrected chi connectivity index (χ2v) is 12.7. The molecular formula is C32H66Hf. The summed E-state index contributed by atoms with van der Waals surface area (Å²) in [6.45, 7) is 19.3. The molecule has 5 atom stereocenters. The van der Waals surface area contributed by atoms with Crippen molar-refractivity contribution < 1.29 is 25.8 Å². The summed E-state index contributed by atoms with van der Waals surface area (Å²) < 4.78 is 0. The molecule has 5 unspecified atom stereocenters. The Morgan fingerprint density at radius 1 is 0.576 bits per heavy atom. The molecule has 0 bridgehead atoms. The summed E-state index contributed by atoms with van der Waals surface area (Å²) in [5, 5.41) is 0. The van der Waals surface area contributed by atoms with Gasteiger partial charge in [0, 0.05) is 0 Å². The minimum atomic E-state index is 0. The first kappa shape index (κ1) is 41.0. The van der Waals surface area contributed by atoms with Gasteiger partial charge in [0.15, 0.2) is 0 Å². The Bertz CT molecular complexity index is 433. The van der Waals surface area contributed by atoms with Crippen LogP contribution in [0.25, 0.3) is 0 Å². The summed E-state index contributed by atoms with van der Waals surface area (Å²) >= 11 is 0. The molecular weight excluding hydrogens is 563 g/mol. The topological polar surface area (TPSA) is 0 Å².